The maximum absolute atomic E-state index is 13.6. The fraction of sp³-hybridized carbons (Fsp3) is 0.333. The Morgan fingerprint density at radius 1 is 1.17 bits per heavy atom. The van der Waals surface area contributed by atoms with Crippen LogP contribution in [0.5, 0.6) is 0 Å². The summed E-state index contributed by atoms with van der Waals surface area (Å²) in [6.45, 7) is 8.80. The standard InChI is InChI=1S/C18H18FN3S/c1-17(2)12-6-8-23-15(12)14(21-18(17,3)4)11-9-20-16-13(19)5-7-22(16)10-11/h5-10H,1-4H3. The molecule has 0 aliphatic carbocycles. The molecule has 1 aliphatic heterocycles. The fourth-order valence-electron chi connectivity index (χ4n) is 3.06. The van der Waals surface area contributed by atoms with Crippen LogP contribution in [0.15, 0.2) is 41.1 Å². The van der Waals surface area contributed by atoms with Crippen LogP contribution in [0.4, 0.5) is 4.39 Å². The molecule has 0 bridgehead atoms. The topological polar surface area (TPSA) is 29.7 Å². The van der Waals surface area contributed by atoms with Gasteiger partial charge < -0.3 is 4.40 Å². The zero-order chi connectivity index (χ0) is 16.4. The lowest BCUT2D eigenvalue weighted by Gasteiger charge is -2.43. The van der Waals surface area contributed by atoms with Gasteiger partial charge in [-0.3, -0.25) is 4.99 Å². The van der Waals surface area contributed by atoms with E-state index in [0.717, 1.165) is 11.3 Å². The van der Waals surface area contributed by atoms with E-state index in [9.17, 15) is 4.39 Å². The molecular weight excluding hydrogens is 309 g/mol. The molecule has 5 heteroatoms. The minimum atomic E-state index is -0.305. The van der Waals surface area contributed by atoms with E-state index in [1.807, 2.05) is 6.20 Å². The Morgan fingerprint density at radius 2 is 1.96 bits per heavy atom. The number of aromatic nitrogens is 2. The molecule has 0 saturated carbocycles. The normalized spacial score (nSPS) is 18.7. The number of hydrogen-bond donors (Lipinski definition) is 0. The third-order valence-corrected chi connectivity index (χ3v) is 6.11. The molecule has 0 amide bonds. The van der Waals surface area contributed by atoms with Crippen molar-refractivity contribution in [3.63, 3.8) is 0 Å². The van der Waals surface area contributed by atoms with Crippen LogP contribution in [0.1, 0.15) is 43.7 Å². The molecule has 3 aromatic heterocycles. The lowest BCUT2D eigenvalue weighted by atomic mass is 9.68. The van der Waals surface area contributed by atoms with Crippen molar-refractivity contribution in [1.82, 2.24) is 9.38 Å². The average molecular weight is 327 g/mol. The molecule has 0 unspecified atom stereocenters. The summed E-state index contributed by atoms with van der Waals surface area (Å²) < 4.78 is 15.3. The Balaban J connectivity index is 1.95. The number of aliphatic imine (C=N–C) groups is 1. The summed E-state index contributed by atoms with van der Waals surface area (Å²) in [5.74, 6) is -0.305. The molecule has 4 rings (SSSR count). The van der Waals surface area contributed by atoms with Gasteiger partial charge in [0.15, 0.2) is 11.5 Å². The highest BCUT2D eigenvalue weighted by Gasteiger charge is 2.44. The van der Waals surface area contributed by atoms with Gasteiger partial charge in [0, 0.05) is 29.6 Å². The molecule has 0 fully saturated rings. The smallest absolute Gasteiger partial charge is 0.173 e. The quantitative estimate of drug-likeness (QED) is 0.649. The summed E-state index contributed by atoms with van der Waals surface area (Å²) in [7, 11) is 0. The second-order valence-electron chi connectivity index (χ2n) is 7.05. The zero-order valence-corrected chi connectivity index (χ0v) is 14.4. The van der Waals surface area contributed by atoms with E-state index < -0.39 is 0 Å². The molecular formula is C18H18FN3S. The van der Waals surface area contributed by atoms with Crippen molar-refractivity contribution in [2.75, 3.05) is 0 Å². The lowest BCUT2D eigenvalue weighted by Crippen LogP contribution is -2.45. The average Bonchev–Trinajstić information content (AvgIpc) is 3.11. The van der Waals surface area contributed by atoms with E-state index in [0.29, 0.717) is 5.65 Å². The second kappa shape index (κ2) is 4.51. The minimum Gasteiger partial charge on any atom is -0.305 e. The highest BCUT2D eigenvalue weighted by molar-refractivity contribution is 7.12. The van der Waals surface area contributed by atoms with Gasteiger partial charge in [-0.25, -0.2) is 9.37 Å². The summed E-state index contributed by atoms with van der Waals surface area (Å²) in [5, 5.41) is 2.12. The van der Waals surface area contributed by atoms with Gasteiger partial charge in [-0.15, -0.1) is 11.3 Å². The largest absolute Gasteiger partial charge is 0.305 e. The van der Waals surface area contributed by atoms with Crippen molar-refractivity contribution in [2.24, 2.45) is 4.99 Å². The van der Waals surface area contributed by atoms with Gasteiger partial charge in [0.25, 0.3) is 0 Å². The molecule has 1 aliphatic rings. The predicted octanol–water partition coefficient (Wildman–Crippen LogP) is 4.44. The van der Waals surface area contributed by atoms with Crippen LogP contribution < -0.4 is 0 Å². The molecule has 3 aromatic rings. The highest BCUT2D eigenvalue weighted by Crippen LogP contribution is 2.45. The van der Waals surface area contributed by atoms with Crippen molar-refractivity contribution in [2.45, 2.75) is 38.6 Å². The highest BCUT2D eigenvalue weighted by atomic mass is 32.1. The van der Waals surface area contributed by atoms with E-state index >= 15 is 0 Å². The molecule has 4 heterocycles. The van der Waals surface area contributed by atoms with Crippen LogP contribution in [0, 0.1) is 5.82 Å². The van der Waals surface area contributed by atoms with Gasteiger partial charge in [-0.1, -0.05) is 13.8 Å². The van der Waals surface area contributed by atoms with Gasteiger partial charge in [0.2, 0.25) is 0 Å². The number of hydrogen-bond acceptors (Lipinski definition) is 3. The first-order valence-corrected chi connectivity index (χ1v) is 8.50. The Kier molecular flexibility index (Phi) is 2.86. The van der Waals surface area contributed by atoms with Gasteiger partial charge >= 0.3 is 0 Å². The Morgan fingerprint density at radius 3 is 2.74 bits per heavy atom. The summed E-state index contributed by atoms with van der Waals surface area (Å²) >= 11 is 1.70. The number of rotatable bonds is 1. The molecule has 23 heavy (non-hydrogen) atoms. The molecule has 0 N–H and O–H groups in total. The molecule has 0 spiro atoms. The molecule has 0 radical (unpaired) electrons. The SMILES string of the molecule is CC1(C)N=C(c2cnc3c(F)ccn3c2)c2sccc2C1(C)C. The Bertz CT molecular complexity index is 946. The first-order chi connectivity index (χ1) is 10.8. The Labute approximate surface area is 138 Å². The zero-order valence-electron chi connectivity index (χ0n) is 13.6. The second-order valence-corrected chi connectivity index (χ2v) is 7.96. The van der Waals surface area contributed by atoms with E-state index in [1.165, 1.54) is 16.5 Å². The van der Waals surface area contributed by atoms with Crippen LogP contribution in [-0.4, -0.2) is 20.6 Å². The van der Waals surface area contributed by atoms with Gasteiger partial charge in [-0.2, -0.15) is 0 Å². The van der Waals surface area contributed by atoms with Gasteiger partial charge in [0.1, 0.15) is 0 Å². The van der Waals surface area contributed by atoms with Gasteiger partial charge in [-0.05, 0) is 36.9 Å². The van der Waals surface area contributed by atoms with E-state index in [-0.39, 0.29) is 16.8 Å². The molecule has 0 aromatic carbocycles. The molecule has 118 valence electrons. The van der Waals surface area contributed by atoms with Crippen LogP contribution >= 0.6 is 11.3 Å². The van der Waals surface area contributed by atoms with Crippen molar-refractivity contribution in [1.29, 1.82) is 0 Å². The van der Waals surface area contributed by atoms with Crippen molar-refractivity contribution in [3.8, 4) is 0 Å². The summed E-state index contributed by atoms with van der Waals surface area (Å²) in [6.07, 6.45) is 5.31. The monoisotopic (exact) mass is 327 g/mol. The summed E-state index contributed by atoms with van der Waals surface area (Å²) in [4.78, 5) is 10.5. The third kappa shape index (κ3) is 1.92. The van der Waals surface area contributed by atoms with Gasteiger partial charge in [0.05, 0.1) is 16.1 Å². The van der Waals surface area contributed by atoms with Crippen molar-refractivity contribution < 1.29 is 4.39 Å². The van der Waals surface area contributed by atoms with E-state index in [2.05, 4.69) is 44.1 Å². The number of nitrogens with zero attached hydrogens (tertiary/aromatic N) is 3. The minimum absolute atomic E-state index is 0.0388. The predicted molar refractivity (Wildman–Crippen MR) is 92.2 cm³/mol. The maximum atomic E-state index is 13.6. The third-order valence-electron chi connectivity index (χ3n) is 5.19. The first-order valence-electron chi connectivity index (χ1n) is 7.62. The van der Waals surface area contributed by atoms with Crippen molar-refractivity contribution in [3.05, 3.63) is 57.9 Å². The van der Waals surface area contributed by atoms with E-state index in [4.69, 9.17) is 4.99 Å². The lowest BCUT2D eigenvalue weighted by molar-refractivity contribution is 0.305. The first kappa shape index (κ1) is 14.6. The summed E-state index contributed by atoms with van der Waals surface area (Å²) in [6, 6.07) is 3.62. The molecule has 0 atom stereocenters. The maximum Gasteiger partial charge on any atom is 0.173 e. The van der Waals surface area contributed by atoms with E-state index in [1.54, 1.807) is 28.1 Å². The van der Waals surface area contributed by atoms with Crippen LogP contribution in [0.3, 0.4) is 0 Å². The van der Waals surface area contributed by atoms with Crippen LogP contribution in [0.25, 0.3) is 5.65 Å². The Hall–Kier alpha value is -2.01. The number of halogens is 1. The number of fused-ring (bicyclic) bond motifs is 2. The van der Waals surface area contributed by atoms with Crippen LogP contribution in [-0.2, 0) is 5.41 Å². The van der Waals surface area contributed by atoms with Crippen LogP contribution in [0.2, 0.25) is 0 Å². The molecule has 3 nitrogen and oxygen atoms in total. The van der Waals surface area contributed by atoms with Crippen molar-refractivity contribution >= 4 is 22.7 Å². The summed E-state index contributed by atoms with van der Waals surface area (Å²) in [5.41, 5.74) is 3.26. The molecule has 0 saturated heterocycles. The fourth-order valence-corrected chi connectivity index (χ4v) is 4.13. The number of thiophene rings is 1.